The molecule has 0 aromatic carbocycles. The van der Waals surface area contributed by atoms with E-state index in [0.717, 1.165) is 57.8 Å². The second-order valence-electron chi connectivity index (χ2n) is 8.70. The number of hydrogen-bond acceptors (Lipinski definition) is 5. The number of nitrogens with one attached hydrogen (secondary N) is 1. The molecule has 2 N–H and O–H groups in total. The Hall–Kier alpha value is -1.15. The molecule has 2 amide bonds. The zero-order valence-corrected chi connectivity index (χ0v) is 17.5. The molecule has 3 rings (SSSR count). The molecule has 0 aromatic heterocycles. The van der Waals surface area contributed by atoms with Gasteiger partial charge in [0, 0.05) is 24.9 Å². The fraction of sp³-hybridized carbons (Fsp3) is 0.900. The first-order valence-corrected chi connectivity index (χ1v) is 12.7. The molecule has 2 atom stereocenters. The van der Waals surface area contributed by atoms with Gasteiger partial charge in [0.25, 0.3) is 0 Å². The average Bonchev–Trinajstić information content (AvgIpc) is 2.98. The average molecular weight is 415 g/mol. The van der Waals surface area contributed by atoms with Crippen molar-refractivity contribution in [2.45, 2.75) is 76.4 Å². The molecular formula is C20H34N2O5S. The predicted molar refractivity (Wildman–Crippen MR) is 106 cm³/mol. The number of nitrogens with zero attached hydrogens (tertiary/aromatic N) is 1. The van der Waals surface area contributed by atoms with Crippen LogP contribution in [0.5, 0.6) is 0 Å². The van der Waals surface area contributed by atoms with E-state index in [4.69, 9.17) is 0 Å². The molecule has 2 unspecified atom stereocenters. The van der Waals surface area contributed by atoms with Gasteiger partial charge in [0.2, 0.25) is 11.8 Å². The van der Waals surface area contributed by atoms with Crippen LogP contribution in [0.1, 0.15) is 64.2 Å². The van der Waals surface area contributed by atoms with E-state index >= 15 is 0 Å². The molecule has 3 fully saturated rings. The summed E-state index contributed by atoms with van der Waals surface area (Å²) in [5.74, 6) is -0.562. The van der Waals surface area contributed by atoms with Gasteiger partial charge in [-0.25, -0.2) is 8.42 Å². The highest BCUT2D eigenvalue weighted by atomic mass is 32.2. The summed E-state index contributed by atoms with van der Waals surface area (Å²) in [6.07, 6.45) is 8.90. The first kappa shape index (κ1) is 21.6. The quantitative estimate of drug-likeness (QED) is 0.681. The highest BCUT2D eigenvalue weighted by molar-refractivity contribution is 7.91. The van der Waals surface area contributed by atoms with Gasteiger partial charge in [0.05, 0.1) is 23.7 Å². The SMILES string of the molecule is O=C(NCCN(C(=O)C1CCCCC1)C1CS(=O)(=O)CC1O)C1CCCCC1. The van der Waals surface area contributed by atoms with Crippen LogP contribution in [-0.4, -0.2) is 67.0 Å². The Balaban J connectivity index is 1.62. The minimum atomic E-state index is -3.34. The summed E-state index contributed by atoms with van der Waals surface area (Å²) >= 11 is 0. The van der Waals surface area contributed by atoms with Crippen LogP contribution in [0.3, 0.4) is 0 Å². The molecule has 2 aliphatic carbocycles. The highest BCUT2D eigenvalue weighted by Gasteiger charge is 2.43. The van der Waals surface area contributed by atoms with Crippen molar-refractivity contribution in [2.75, 3.05) is 24.6 Å². The van der Waals surface area contributed by atoms with Gasteiger partial charge in [-0.3, -0.25) is 9.59 Å². The molecule has 1 aliphatic heterocycles. The topological polar surface area (TPSA) is 104 Å². The second-order valence-corrected chi connectivity index (χ2v) is 10.9. The van der Waals surface area contributed by atoms with E-state index in [0.29, 0.717) is 6.54 Å². The Morgan fingerprint density at radius 2 is 1.46 bits per heavy atom. The molecule has 160 valence electrons. The smallest absolute Gasteiger partial charge is 0.226 e. The number of amides is 2. The fourth-order valence-corrected chi connectivity index (χ4v) is 6.74. The van der Waals surface area contributed by atoms with Crippen LogP contribution in [0.4, 0.5) is 0 Å². The molecule has 0 bridgehead atoms. The zero-order valence-electron chi connectivity index (χ0n) is 16.6. The minimum absolute atomic E-state index is 0.0318. The van der Waals surface area contributed by atoms with Gasteiger partial charge in [-0.1, -0.05) is 38.5 Å². The van der Waals surface area contributed by atoms with Gasteiger partial charge < -0.3 is 15.3 Å². The summed E-state index contributed by atoms with van der Waals surface area (Å²) in [6.45, 7) is 0.558. The molecule has 3 aliphatic rings. The molecule has 7 nitrogen and oxygen atoms in total. The lowest BCUT2D eigenvalue weighted by atomic mass is 9.87. The molecule has 1 heterocycles. The Bertz CT molecular complexity index is 654. The van der Waals surface area contributed by atoms with Crippen molar-refractivity contribution in [3.63, 3.8) is 0 Å². The monoisotopic (exact) mass is 414 g/mol. The number of sulfone groups is 1. The second kappa shape index (κ2) is 9.57. The van der Waals surface area contributed by atoms with Crippen LogP contribution in [0.2, 0.25) is 0 Å². The number of rotatable bonds is 6. The maximum atomic E-state index is 13.1. The summed E-state index contributed by atoms with van der Waals surface area (Å²) in [4.78, 5) is 27.1. The van der Waals surface area contributed by atoms with Crippen molar-refractivity contribution in [1.82, 2.24) is 10.2 Å². The molecule has 0 aromatic rings. The van der Waals surface area contributed by atoms with Crippen molar-refractivity contribution < 1.29 is 23.1 Å². The number of carbonyl (C=O) groups excluding carboxylic acids is 2. The van der Waals surface area contributed by atoms with E-state index in [-0.39, 0.29) is 41.7 Å². The van der Waals surface area contributed by atoms with Crippen molar-refractivity contribution in [3.05, 3.63) is 0 Å². The summed E-state index contributed by atoms with van der Waals surface area (Å²) in [5.41, 5.74) is 0. The fourth-order valence-electron chi connectivity index (χ4n) is 4.94. The lowest BCUT2D eigenvalue weighted by molar-refractivity contribution is -0.140. The zero-order chi connectivity index (χ0) is 20.1. The standard InChI is InChI=1S/C20H34N2O5S/c23-18-14-28(26,27)13-17(18)22(20(25)16-9-5-2-6-10-16)12-11-21-19(24)15-7-3-1-4-8-15/h15-18,23H,1-14H2,(H,21,24). The van der Waals surface area contributed by atoms with Crippen LogP contribution in [0.15, 0.2) is 0 Å². The van der Waals surface area contributed by atoms with Crippen molar-refractivity contribution in [3.8, 4) is 0 Å². The van der Waals surface area contributed by atoms with E-state index in [1.165, 1.54) is 6.42 Å². The molecule has 1 saturated heterocycles. The number of aliphatic hydroxyl groups excluding tert-OH is 1. The Morgan fingerprint density at radius 3 is 2.00 bits per heavy atom. The summed E-state index contributed by atoms with van der Waals surface area (Å²) in [6, 6.07) is -0.703. The van der Waals surface area contributed by atoms with E-state index in [1.807, 2.05) is 0 Å². The molecular weight excluding hydrogens is 380 g/mol. The van der Waals surface area contributed by atoms with Crippen molar-refractivity contribution in [1.29, 1.82) is 0 Å². The number of aliphatic hydroxyl groups is 1. The molecule has 2 saturated carbocycles. The Labute approximate surface area is 168 Å². The predicted octanol–water partition coefficient (Wildman–Crippen LogP) is 1.25. The normalized spacial score (nSPS) is 28.8. The lowest BCUT2D eigenvalue weighted by Crippen LogP contribution is -2.52. The van der Waals surface area contributed by atoms with E-state index in [1.54, 1.807) is 4.90 Å². The molecule has 28 heavy (non-hydrogen) atoms. The van der Waals surface area contributed by atoms with Crippen LogP contribution < -0.4 is 5.32 Å². The number of carbonyl (C=O) groups is 2. The van der Waals surface area contributed by atoms with E-state index in [9.17, 15) is 23.1 Å². The Morgan fingerprint density at radius 1 is 0.893 bits per heavy atom. The summed E-state index contributed by atoms with van der Waals surface area (Å²) in [5, 5.41) is 13.2. The lowest BCUT2D eigenvalue weighted by Gasteiger charge is -2.34. The van der Waals surface area contributed by atoms with Crippen LogP contribution in [-0.2, 0) is 19.4 Å². The Kier molecular flexibility index (Phi) is 7.36. The van der Waals surface area contributed by atoms with Gasteiger partial charge in [-0.05, 0) is 25.7 Å². The van der Waals surface area contributed by atoms with Crippen LogP contribution in [0.25, 0.3) is 0 Å². The van der Waals surface area contributed by atoms with Gasteiger partial charge in [-0.2, -0.15) is 0 Å². The van der Waals surface area contributed by atoms with Gasteiger partial charge >= 0.3 is 0 Å². The highest BCUT2D eigenvalue weighted by Crippen LogP contribution is 2.28. The van der Waals surface area contributed by atoms with E-state index in [2.05, 4.69) is 5.32 Å². The van der Waals surface area contributed by atoms with Gasteiger partial charge in [0.15, 0.2) is 9.84 Å². The van der Waals surface area contributed by atoms with Crippen molar-refractivity contribution >= 4 is 21.7 Å². The number of hydrogen-bond donors (Lipinski definition) is 2. The van der Waals surface area contributed by atoms with Crippen LogP contribution >= 0.6 is 0 Å². The first-order chi connectivity index (χ1) is 13.4. The molecule has 0 radical (unpaired) electrons. The maximum absolute atomic E-state index is 13.1. The summed E-state index contributed by atoms with van der Waals surface area (Å²) in [7, 11) is -3.34. The van der Waals surface area contributed by atoms with Crippen LogP contribution in [0, 0.1) is 11.8 Å². The summed E-state index contributed by atoms with van der Waals surface area (Å²) < 4.78 is 24.0. The maximum Gasteiger partial charge on any atom is 0.226 e. The third-order valence-electron chi connectivity index (χ3n) is 6.56. The first-order valence-electron chi connectivity index (χ1n) is 10.8. The molecule has 8 heteroatoms. The van der Waals surface area contributed by atoms with Crippen molar-refractivity contribution in [2.24, 2.45) is 11.8 Å². The minimum Gasteiger partial charge on any atom is -0.390 e. The van der Waals surface area contributed by atoms with E-state index < -0.39 is 22.0 Å². The molecule has 0 spiro atoms. The van der Waals surface area contributed by atoms with Gasteiger partial charge in [-0.15, -0.1) is 0 Å². The van der Waals surface area contributed by atoms with Gasteiger partial charge in [0.1, 0.15) is 0 Å². The third-order valence-corrected chi connectivity index (χ3v) is 8.26. The third kappa shape index (κ3) is 5.47. The largest absolute Gasteiger partial charge is 0.390 e.